The van der Waals surface area contributed by atoms with Gasteiger partial charge in [0.2, 0.25) is 24.0 Å². The SMILES string of the molecule is CCN(CC)CC.Nc1c2cc(Br)n3c2nc[n+]1[C@@H]1O[C@H](COP(=O)([O-])OP(=O)(O)OC[C@H]2O[C@@H]3[C@H](O)[C@@H]2O)[C@@H](O)[C@H]1O. The van der Waals surface area contributed by atoms with Gasteiger partial charge in [0.05, 0.1) is 17.8 Å². The highest BCUT2D eigenvalue weighted by Gasteiger charge is 2.49. The quantitative estimate of drug-likeness (QED) is 0.162. The number of nitrogens with zero attached hydrogens (tertiary/aromatic N) is 4. The molecule has 6 rings (SSSR count). The molecule has 6 heterocycles. The Bertz CT molecular complexity index is 1380. The highest BCUT2D eigenvalue weighted by Crippen LogP contribution is 2.58. The Morgan fingerprint density at radius 1 is 1.05 bits per heavy atom. The molecule has 4 aliphatic rings. The fraction of sp³-hybridized carbons (Fsp3) is 0.727. The molecule has 0 radical (unpaired) electrons. The number of aliphatic hydroxyl groups is 4. The Morgan fingerprint density at radius 2 is 1.63 bits per heavy atom. The van der Waals surface area contributed by atoms with Crippen LogP contribution in [0.2, 0.25) is 0 Å². The third kappa shape index (κ3) is 7.32. The Hall–Kier alpha value is -1.12. The molecule has 43 heavy (non-hydrogen) atoms. The van der Waals surface area contributed by atoms with Gasteiger partial charge < -0.3 is 54.8 Å². The average molecular weight is 720 g/mol. The molecule has 244 valence electrons. The van der Waals surface area contributed by atoms with Gasteiger partial charge in [-0.15, -0.1) is 0 Å². The smallest absolute Gasteiger partial charge is 0.478 e. The maximum Gasteiger partial charge on any atom is 0.478 e. The van der Waals surface area contributed by atoms with Crippen LogP contribution in [-0.2, 0) is 32.0 Å². The highest BCUT2D eigenvalue weighted by atomic mass is 79.9. The van der Waals surface area contributed by atoms with E-state index in [1.165, 1.54) is 41.2 Å². The average Bonchev–Trinajstić information content (AvgIpc) is 3.53. The van der Waals surface area contributed by atoms with Gasteiger partial charge in [-0.05, 0) is 41.6 Å². The number of hydrogen-bond acceptors (Lipinski definition) is 15. The molecule has 4 aliphatic heterocycles. The number of rotatable bonds is 3. The maximum absolute atomic E-state index is 12.2. The van der Waals surface area contributed by atoms with Crippen molar-refractivity contribution >= 4 is 48.4 Å². The molecule has 7 N–H and O–H groups in total. The second-order valence-electron chi connectivity index (χ2n) is 9.91. The monoisotopic (exact) mass is 719 g/mol. The molecule has 0 spiro atoms. The van der Waals surface area contributed by atoms with Gasteiger partial charge in [-0.3, -0.25) is 13.7 Å². The first-order chi connectivity index (χ1) is 20.1. The van der Waals surface area contributed by atoms with Crippen molar-refractivity contribution in [3.05, 3.63) is 17.0 Å². The van der Waals surface area contributed by atoms with E-state index in [-0.39, 0.29) is 11.5 Å². The zero-order chi connectivity index (χ0) is 31.9. The number of hydrogen-bond donors (Lipinski definition) is 6. The normalized spacial score (nSPS) is 38.3. The number of aromatic nitrogens is 3. The standard InChI is InChI=1S/C16H21BrN4O13P2.C6H15N/c17-8-1-5-13(18)20-4-19-14(5)21(8)16-12(25)10(23)7(33-16)3-31-36(28,29)34-35(26,27)30-2-6-9(22)11(24)15(20)32-6;1-4-7(5-2)6-3/h1,4,6-7,9-12,15-16,18,22-25H,2-3H2,(H2,26,27,28,29);4-6H2,1-3H3/t6-,7-,9-,10-,11-,12-,15-,16-;/m1./s1. The van der Waals surface area contributed by atoms with Crippen molar-refractivity contribution in [2.24, 2.45) is 0 Å². The summed E-state index contributed by atoms with van der Waals surface area (Å²) in [6.07, 6.45) is -10.7. The van der Waals surface area contributed by atoms with Crippen molar-refractivity contribution in [2.75, 3.05) is 38.6 Å². The predicted molar refractivity (Wildman–Crippen MR) is 148 cm³/mol. The second kappa shape index (κ2) is 13.7. The van der Waals surface area contributed by atoms with Crippen LogP contribution in [0.15, 0.2) is 17.0 Å². The van der Waals surface area contributed by atoms with Crippen molar-refractivity contribution in [1.82, 2.24) is 14.5 Å². The van der Waals surface area contributed by atoms with Crippen molar-refractivity contribution in [3.8, 4) is 0 Å². The highest BCUT2D eigenvalue weighted by molar-refractivity contribution is 9.10. The summed E-state index contributed by atoms with van der Waals surface area (Å²) in [6.45, 7) is 8.37. The Morgan fingerprint density at radius 3 is 2.23 bits per heavy atom. The number of anilines is 1. The van der Waals surface area contributed by atoms with Crippen molar-refractivity contribution in [1.29, 1.82) is 0 Å². The summed E-state index contributed by atoms with van der Waals surface area (Å²) in [6, 6.07) is 1.52. The van der Waals surface area contributed by atoms with Crippen molar-refractivity contribution in [2.45, 2.75) is 69.9 Å². The van der Waals surface area contributed by atoms with Gasteiger partial charge in [0.1, 0.15) is 42.0 Å². The van der Waals surface area contributed by atoms with Crippen LogP contribution in [0.1, 0.15) is 33.2 Å². The van der Waals surface area contributed by atoms with Gasteiger partial charge in [0, 0.05) is 0 Å². The lowest BCUT2D eigenvalue weighted by Crippen LogP contribution is -2.48. The minimum atomic E-state index is -5.50. The first-order valence-electron chi connectivity index (χ1n) is 13.4. The zero-order valence-electron chi connectivity index (χ0n) is 23.4. The molecule has 0 saturated carbocycles. The molecule has 0 aliphatic carbocycles. The summed E-state index contributed by atoms with van der Waals surface area (Å²) in [5.41, 5.74) is 6.48. The van der Waals surface area contributed by atoms with E-state index in [1.54, 1.807) is 0 Å². The maximum atomic E-state index is 12.2. The Labute approximate surface area is 254 Å². The van der Waals surface area contributed by atoms with E-state index in [4.69, 9.17) is 15.2 Å². The molecular formula is C22H36BrN5O13P2. The lowest BCUT2D eigenvalue weighted by molar-refractivity contribution is -0.754. The van der Waals surface area contributed by atoms with Gasteiger partial charge in [-0.2, -0.15) is 0 Å². The van der Waals surface area contributed by atoms with Gasteiger partial charge >= 0.3 is 7.82 Å². The topological polar surface area (TPSA) is 255 Å². The fourth-order valence-electron chi connectivity index (χ4n) is 4.92. The molecule has 0 amide bonds. The van der Waals surface area contributed by atoms with Crippen LogP contribution < -0.4 is 15.2 Å². The van der Waals surface area contributed by atoms with E-state index in [0.717, 1.165) is 0 Å². The van der Waals surface area contributed by atoms with Crippen LogP contribution in [0.3, 0.4) is 0 Å². The Kier molecular flexibility index (Phi) is 11.1. The van der Waals surface area contributed by atoms with E-state index in [2.05, 4.69) is 59.9 Å². The summed E-state index contributed by atoms with van der Waals surface area (Å²) in [5, 5.41) is 42.2. The number of nitrogens with two attached hydrogens (primary N) is 1. The van der Waals surface area contributed by atoms with Crippen molar-refractivity contribution < 1.29 is 66.7 Å². The third-order valence-corrected chi connectivity index (χ3v) is 10.5. The molecule has 2 aromatic heterocycles. The summed E-state index contributed by atoms with van der Waals surface area (Å²) < 4.78 is 51.7. The number of phosphoric acid groups is 2. The molecule has 10 atom stereocenters. The summed E-state index contributed by atoms with van der Waals surface area (Å²) in [7, 11) is -10.8. The van der Waals surface area contributed by atoms with Crippen LogP contribution in [0.4, 0.5) is 5.82 Å². The van der Waals surface area contributed by atoms with Crippen LogP contribution in [0, 0.1) is 0 Å². The van der Waals surface area contributed by atoms with Crippen LogP contribution in [-0.4, -0.2) is 109 Å². The van der Waals surface area contributed by atoms with Gasteiger partial charge in [-0.25, -0.2) is 13.4 Å². The number of halogens is 1. The lowest BCUT2D eigenvalue weighted by atomic mass is 10.1. The van der Waals surface area contributed by atoms with E-state index in [0.29, 0.717) is 9.99 Å². The molecule has 18 nitrogen and oxygen atoms in total. The largest absolute Gasteiger partial charge is 0.756 e. The lowest BCUT2D eigenvalue weighted by Gasteiger charge is -2.26. The summed E-state index contributed by atoms with van der Waals surface area (Å²) in [5.74, 6) is 0.0188. The molecule has 2 aromatic rings. The number of phosphoric ester groups is 2. The van der Waals surface area contributed by atoms with Crippen LogP contribution in [0.5, 0.6) is 0 Å². The van der Waals surface area contributed by atoms with Gasteiger partial charge in [0.15, 0.2) is 6.23 Å². The van der Waals surface area contributed by atoms with Gasteiger partial charge in [0.25, 0.3) is 7.82 Å². The first kappa shape index (κ1) is 34.7. The van der Waals surface area contributed by atoms with E-state index < -0.39 is 77.9 Å². The molecular weight excluding hydrogens is 684 g/mol. The predicted octanol–water partition coefficient (Wildman–Crippen LogP) is -1.11. The molecule has 21 heteroatoms. The number of ether oxygens (including phenoxy) is 2. The van der Waals surface area contributed by atoms with E-state index in [1.807, 2.05) is 0 Å². The minimum Gasteiger partial charge on any atom is -0.756 e. The third-order valence-electron chi connectivity index (χ3n) is 7.37. The fourth-order valence-corrected chi connectivity index (χ4v) is 7.57. The zero-order valence-corrected chi connectivity index (χ0v) is 26.8. The molecule has 8 bridgehead atoms. The molecule has 0 aromatic carbocycles. The van der Waals surface area contributed by atoms with Gasteiger partial charge in [-0.1, -0.05) is 25.8 Å². The molecule has 2 saturated heterocycles. The van der Waals surface area contributed by atoms with E-state index in [9.17, 15) is 39.3 Å². The molecule has 2 unspecified atom stereocenters. The van der Waals surface area contributed by atoms with E-state index >= 15 is 0 Å². The van der Waals surface area contributed by atoms with Crippen LogP contribution in [0.25, 0.3) is 11.0 Å². The number of nitrogen functional groups attached to an aromatic ring is 1. The second-order valence-corrected chi connectivity index (χ2v) is 13.7. The molecule has 2 fully saturated rings. The minimum absolute atomic E-state index is 0.0188. The summed E-state index contributed by atoms with van der Waals surface area (Å²) >= 11 is 3.32. The summed E-state index contributed by atoms with van der Waals surface area (Å²) in [4.78, 5) is 28.6. The number of aliphatic hydroxyl groups excluding tert-OH is 4. The van der Waals surface area contributed by atoms with Crippen molar-refractivity contribution in [3.63, 3.8) is 0 Å². The first-order valence-corrected chi connectivity index (χ1v) is 17.1. The number of fused-ring (bicyclic) bond motifs is 7. The van der Waals surface area contributed by atoms with Crippen LogP contribution >= 0.6 is 31.6 Å². The Balaban J connectivity index is 0.000000541.